The summed E-state index contributed by atoms with van der Waals surface area (Å²) >= 11 is 0. The molecule has 116 valence electrons. The minimum absolute atomic E-state index is 0.0348. The first-order chi connectivity index (χ1) is 10.5. The molecule has 4 nitrogen and oxygen atoms in total. The molecule has 0 radical (unpaired) electrons. The third kappa shape index (κ3) is 3.86. The smallest absolute Gasteiger partial charge is 0.242 e. The number of aromatic hydroxyl groups is 1. The number of nitrogens with zero attached hydrogens (tertiary/aromatic N) is 1. The highest BCUT2D eigenvalue weighted by Gasteiger charge is 2.23. The van der Waals surface area contributed by atoms with Gasteiger partial charge in [-0.05, 0) is 49.8 Å². The van der Waals surface area contributed by atoms with E-state index in [1.807, 2.05) is 50.2 Å². The van der Waals surface area contributed by atoms with E-state index in [1.54, 1.807) is 24.3 Å². The van der Waals surface area contributed by atoms with Crippen LogP contribution in [0, 0.1) is 6.92 Å². The summed E-state index contributed by atoms with van der Waals surface area (Å²) in [7, 11) is 3.80. The molecular weight excluding hydrogens is 276 g/mol. The molecule has 0 aromatic heterocycles. The van der Waals surface area contributed by atoms with Crippen LogP contribution in [0.15, 0.2) is 48.5 Å². The third-order valence-electron chi connectivity index (χ3n) is 3.65. The molecule has 2 N–H and O–H groups in total. The van der Waals surface area contributed by atoms with Crippen molar-refractivity contribution in [2.24, 2.45) is 0 Å². The number of amides is 1. The summed E-state index contributed by atoms with van der Waals surface area (Å²) in [6.45, 7) is 2.45. The van der Waals surface area contributed by atoms with Gasteiger partial charge in [-0.2, -0.15) is 0 Å². The zero-order chi connectivity index (χ0) is 16.1. The highest BCUT2D eigenvalue weighted by molar-refractivity contribution is 5.83. The van der Waals surface area contributed by atoms with Crippen LogP contribution in [0.4, 0.5) is 0 Å². The van der Waals surface area contributed by atoms with Gasteiger partial charge in [0.15, 0.2) is 0 Å². The van der Waals surface area contributed by atoms with Crippen LogP contribution in [-0.2, 0) is 11.3 Å². The van der Waals surface area contributed by atoms with Gasteiger partial charge in [0.05, 0.1) is 0 Å². The molecular formula is C18H22N2O2. The van der Waals surface area contributed by atoms with Gasteiger partial charge in [0.2, 0.25) is 5.91 Å². The summed E-state index contributed by atoms with van der Waals surface area (Å²) in [4.78, 5) is 14.5. The number of phenols is 1. The molecule has 2 aromatic carbocycles. The number of nitrogens with one attached hydrogen (secondary N) is 1. The van der Waals surface area contributed by atoms with E-state index in [0.717, 1.165) is 16.7 Å². The maximum Gasteiger partial charge on any atom is 0.242 e. The van der Waals surface area contributed by atoms with Crippen LogP contribution in [0.5, 0.6) is 5.75 Å². The normalized spacial score (nSPS) is 12.2. The van der Waals surface area contributed by atoms with Crippen LogP contribution in [0.3, 0.4) is 0 Å². The second-order valence-electron chi connectivity index (χ2n) is 5.61. The first-order valence-electron chi connectivity index (χ1n) is 7.26. The minimum atomic E-state index is -0.321. The van der Waals surface area contributed by atoms with Crippen LogP contribution in [0.1, 0.15) is 22.7 Å². The van der Waals surface area contributed by atoms with E-state index in [1.165, 1.54) is 0 Å². The van der Waals surface area contributed by atoms with Gasteiger partial charge in [0.1, 0.15) is 11.8 Å². The second kappa shape index (κ2) is 7.09. The highest BCUT2D eigenvalue weighted by Crippen LogP contribution is 2.22. The molecule has 0 unspecified atom stereocenters. The average molecular weight is 298 g/mol. The van der Waals surface area contributed by atoms with Gasteiger partial charge in [-0.15, -0.1) is 0 Å². The SMILES string of the molecule is Cc1ccccc1[C@@H](C(=O)NCc1ccc(O)cc1)N(C)C. The van der Waals surface area contributed by atoms with Gasteiger partial charge in [-0.3, -0.25) is 9.69 Å². The lowest BCUT2D eigenvalue weighted by Gasteiger charge is -2.25. The summed E-state index contributed by atoms with van der Waals surface area (Å²) in [6.07, 6.45) is 0. The quantitative estimate of drug-likeness (QED) is 0.892. The van der Waals surface area contributed by atoms with Crippen LogP contribution in [-0.4, -0.2) is 30.0 Å². The number of benzene rings is 2. The number of hydrogen-bond acceptors (Lipinski definition) is 3. The average Bonchev–Trinajstić information content (AvgIpc) is 2.48. The van der Waals surface area contributed by atoms with Gasteiger partial charge in [0.25, 0.3) is 0 Å². The van der Waals surface area contributed by atoms with Crippen molar-refractivity contribution in [1.29, 1.82) is 0 Å². The predicted molar refractivity (Wildman–Crippen MR) is 87.6 cm³/mol. The van der Waals surface area contributed by atoms with E-state index < -0.39 is 0 Å². The number of likely N-dealkylation sites (N-methyl/N-ethyl adjacent to an activating group) is 1. The summed E-state index contributed by atoms with van der Waals surface area (Å²) in [6, 6.07) is 14.4. The first-order valence-corrected chi connectivity index (χ1v) is 7.26. The van der Waals surface area contributed by atoms with Crippen LogP contribution < -0.4 is 5.32 Å². The van der Waals surface area contributed by atoms with E-state index in [0.29, 0.717) is 6.54 Å². The van der Waals surface area contributed by atoms with Crippen molar-refractivity contribution in [3.8, 4) is 5.75 Å². The van der Waals surface area contributed by atoms with Crippen LogP contribution in [0.25, 0.3) is 0 Å². The molecule has 2 aromatic rings. The fourth-order valence-corrected chi connectivity index (χ4v) is 2.45. The molecule has 0 saturated carbocycles. The van der Waals surface area contributed by atoms with E-state index in [2.05, 4.69) is 5.32 Å². The zero-order valence-corrected chi connectivity index (χ0v) is 13.2. The molecule has 0 heterocycles. The fourth-order valence-electron chi connectivity index (χ4n) is 2.45. The molecule has 2 rings (SSSR count). The fraction of sp³-hybridized carbons (Fsp3) is 0.278. The van der Waals surface area contributed by atoms with Gasteiger partial charge in [0, 0.05) is 6.54 Å². The Kier molecular flexibility index (Phi) is 5.17. The highest BCUT2D eigenvalue weighted by atomic mass is 16.3. The molecule has 0 fully saturated rings. The molecule has 1 amide bonds. The van der Waals surface area contributed by atoms with E-state index in [-0.39, 0.29) is 17.7 Å². The molecule has 0 aliphatic heterocycles. The molecule has 0 aliphatic rings. The van der Waals surface area contributed by atoms with Gasteiger partial charge in [-0.25, -0.2) is 0 Å². The molecule has 0 bridgehead atoms. The molecule has 0 aliphatic carbocycles. The van der Waals surface area contributed by atoms with Crippen LogP contribution >= 0.6 is 0 Å². The van der Waals surface area contributed by atoms with E-state index in [9.17, 15) is 9.90 Å². The lowest BCUT2D eigenvalue weighted by Crippen LogP contribution is -2.37. The topological polar surface area (TPSA) is 52.6 Å². The van der Waals surface area contributed by atoms with Crippen LogP contribution in [0.2, 0.25) is 0 Å². The second-order valence-corrected chi connectivity index (χ2v) is 5.61. The third-order valence-corrected chi connectivity index (χ3v) is 3.65. The zero-order valence-electron chi connectivity index (χ0n) is 13.2. The number of carbonyl (C=O) groups excluding carboxylic acids is 1. The van der Waals surface area contributed by atoms with Gasteiger partial charge >= 0.3 is 0 Å². The lowest BCUT2D eigenvalue weighted by atomic mass is 10.00. The largest absolute Gasteiger partial charge is 0.508 e. The van der Waals surface area contributed by atoms with Crippen molar-refractivity contribution in [1.82, 2.24) is 10.2 Å². The van der Waals surface area contributed by atoms with E-state index >= 15 is 0 Å². The molecule has 0 saturated heterocycles. The van der Waals surface area contributed by atoms with Gasteiger partial charge < -0.3 is 10.4 Å². The van der Waals surface area contributed by atoms with Crippen molar-refractivity contribution >= 4 is 5.91 Å². The summed E-state index contributed by atoms with van der Waals surface area (Å²) in [5, 5.41) is 12.2. The van der Waals surface area contributed by atoms with Crippen molar-refractivity contribution in [2.45, 2.75) is 19.5 Å². The summed E-state index contributed by atoms with van der Waals surface area (Å²) in [5.41, 5.74) is 3.06. The van der Waals surface area contributed by atoms with Gasteiger partial charge in [-0.1, -0.05) is 36.4 Å². The lowest BCUT2D eigenvalue weighted by molar-refractivity contribution is -0.126. The Hall–Kier alpha value is -2.33. The van der Waals surface area contributed by atoms with E-state index in [4.69, 9.17) is 0 Å². The predicted octanol–water partition coefficient (Wildman–Crippen LogP) is 2.62. The number of carbonyl (C=O) groups is 1. The Morgan fingerprint density at radius 3 is 2.36 bits per heavy atom. The van der Waals surface area contributed by atoms with Crippen molar-refractivity contribution in [2.75, 3.05) is 14.1 Å². The number of aryl methyl sites for hydroxylation is 1. The number of rotatable bonds is 5. The Bertz CT molecular complexity index is 636. The number of phenolic OH excluding ortho intramolecular Hbond substituents is 1. The Morgan fingerprint density at radius 2 is 1.77 bits per heavy atom. The Balaban J connectivity index is 2.11. The monoisotopic (exact) mass is 298 g/mol. The van der Waals surface area contributed by atoms with Crippen molar-refractivity contribution < 1.29 is 9.90 Å². The molecule has 4 heteroatoms. The summed E-state index contributed by atoms with van der Waals surface area (Å²) in [5.74, 6) is 0.188. The summed E-state index contributed by atoms with van der Waals surface area (Å²) < 4.78 is 0. The standard InChI is InChI=1S/C18H22N2O2/c1-13-6-4-5-7-16(13)17(20(2)3)18(22)19-12-14-8-10-15(21)11-9-14/h4-11,17,21H,12H2,1-3H3,(H,19,22)/t17-/m0/s1. The Labute approximate surface area is 131 Å². The molecule has 1 atom stereocenters. The molecule has 0 spiro atoms. The first kappa shape index (κ1) is 16.0. The maximum atomic E-state index is 12.6. The maximum absolute atomic E-state index is 12.6. The Morgan fingerprint density at radius 1 is 1.14 bits per heavy atom. The number of hydrogen-bond donors (Lipinski definition) is 2. The van der Waals surface area contributed by atoms with Crippen molar-refractivity contribution in [3.63, 3.8) is 0 Å². The minimum Gasteiger partial charge on any atom is -0.508 e. The van der Waals surface area contributed by atoms with Crippen molar-refractivity contribution in [3.05, 3.63) is 65.2 Å². The molecule has 22 heavy (non-hydrogen) atoms.